The molecule has 230 valence electrons. The molecule has 0 amide bonds. The fourth-order valence-corrected chi connectivity index (χ4v) is 14.3. The molecule has 0 radical (unpaired) electrons. The SMILES string of the molecule is C[C@@]12CCC[C@H]1[C@@H]1CC[C@H]3CCCC[C@]3(C)[C@H]1CC2.C[C@]12CCCC[C@@H]1/C(=N/O)C[C@@H]1[C@@H]2CC[C@]2(C)C(=O)CC[C@@H]12. The number of carbonyl (C=O) groups is 1. The molecule has 41 heavy (non-hydrogen) atoms. The number of carbonyl (C=O) groups excluding carboxylic acids is 1. The van der Waals surface area contributed by atoms with Gasteiger partial charge in [0.1, 0.15) is 5.78 Å². The lowest BCUT2D eigenvalue weighted by atomic mass is 9.45. The number of nitrogens with zero attached hydrogens (tertiary/aromatic N) is 1. The van der Waals surface area contributed by atoms with Gasteiger partial charge in [-0.15, -0.1) is 0 Å². The van der Waals surface area contributed by atoms with Gasteiger partial charge in [0.05, 0.1) is 5.71 Å². The van der Waals surface area contributed by atoms with E-state index in [9.17, 15) is 10.0 Å². The molecule has 0 saturated heterocycles. The number of hydrogen-bond acceptors (Lipinski definition) is 3. The molecule has 3 heteroatoms. The number of Topliss-reactive ketones (excluding diaryl/α,β-unsaturated/α-hetero) is 1. The van der Waals surface area contributed by atoms with Gasteiger partial charge in [0, 0.05) is 17.8 Å². The van der Waals surface area contributed by atoms with Gasteiger partial charge >= 0.3 is 0 Å². The molecular formula is C38H61NO2. The average Bonchev–Trinajstić information content (AvgIpc) is 3.51. The summed E-state index contributed by atoms with van der Waals surface area (Å²) in [6.45, 7) is 10.0. The molecule has 0 unspecified atom stereocenters. The molecule has 8 saturated carbocycles. The minimum absolute atomic E-state index is 0.0837. The second-order valence-corrected chi connectivity index (χ2v) is 17.9. The minimum atomic E-state index is -0.0837. The van der Waals surface area contributed by atoms with Crippen LogP contribution in [0.2, 0.25) is 0 Å². The Morgan fingerprint density at radius 2 is 1.37 bits per heavy atom. The summed E-state index contributed by atoms with van der Waals surface area (Å²) < 4.78 is 0. The van der Waals surface area contributed by atoms with Crippen molar-refractivity contribution in [2.75, 3.05) is 0 Å². The molecule has 0 aliphatic heterocycles. The molecule has 0 aromatic heterocycles. The molecule has 8 fully saturated rings. The van der Waals surface area contributed by atoms with E-state index in [0.717, 1.165) is 71.8 Å². The van der Waals surface area contributed by atoms with Gasteiger partial charge in [0.15, 0.2) is 0 Å². The van der Waals surface area contributed by atoms with E-state index in [4.69, 9.17) is 0 Å². The second-order valence-electron chi connectivity index (χ2n) is 17.9. The van der Waals surface area contributed by atoms with Gasteiger partial charge in [-0.25, -0.2) is 0 Å². The van der Waals surface area contributed by atoms with Crippen molar-refractivity contribution < 1.29 is 10.0 Å². The summed E-state index contributed by atoms with van der Waals surface area (Å²) in [5, 5.41) is 13.4. The first kappa shape index (κ1) is 28.9. The van der Waals surface area contributed by atoms with Gasteiger partial charge in [0.25, 0.3) is 0 Å². The van der Waals surface area contributed by atoms with E-state index < -0.39 is 0 Å². The Bertz CT molecular complexity index is 1050. The maximum absolute atomic E-state index is 12.4. The highest BCUT2D eigenvalue weighted by Gasteiger charge is 2.61. The van der Waals surface area contributed by atoms with Crippen LogP contribution in [0, 0.1) is 69.0 Å². The first-order valence-electron chi connectivity index (χ1n) is 18.4. The third-order valence-corrected chi connectivity index (χ3v) is 16.6. The predicted octanol–water partition coefficient (Wildman–Crippen LogP) is 10.2. The van der Waals surface area contributed by atoms with Crippen LogP contribution in [-0.2, 0) is 4.79 Å². The van der Waals surface area contributed by atoms with Crippen LogP contribution < -0.4 is 0 Å². The van der Waals surface area contributed by atoms with Crippen LogP contribution in [0.1, 0.15) is 156 Å². The van der Waals surface area contributed by atoms with Crippen molar-refractivity contribution in [1.82, 2.24) is 0 Å². The molecule has 8 aliphatic carbocycles. The van der Waals surface area contributed by atoms with Gasteiger partial charge in [0.2, 0.25) is 0 Å². The predicted molar refractivity (Wildman–Crippen MR) is 167 cm³/mol. The quantitative estimate of drug-likeness (QED) is 0.235. The third kappa shape index (κ3) is 4.29. The zero-order valence-corrected chi connectivity index (χ0v) is 27.1. The molecule has 8 rings (SSSR count). The Balaban J connectivity index is 0.000000136. The highest BCUT2D eigenvalue weighted by molar-refractivity contribution is 5.90. The van der Waals surface area contributed by atoms with Crippen molar-refractivity contribution in [3.63, 3.8) is 0 Å². The molecular weight excluding hydrogens is 502 g/mol. The number of rotatable bonds is 0. The van der Waals surface area contributed by atoms with Crippen molar-refractivity contribution in [3.8, 4) is 0 Å². The summed E-state index contributed by atoms with van der Waals surface area (Å²) >= 11 is 0. The Kier molecular flexibility index (Phi) is 7.30. The van der Waals surface area contributed by atoms with Gasteiger partial charge in [-0.1, -0.05) is 65.0 Å². The standard InChI is InChI=1S/C19H29NO2.C19H32/c1-18-9-4-3-5-15(18)16(20-22)11-12-13-6-7-17(21)19(13,2)10-8-14(12)18;1-18-11-5-7-16(18)15-9-8-14-6-3-4-12-19(14,2)17(15)10-13-18/h12-15,22H,3-11H2,1-2H3;14-17H,3-13H2,1-2H3/b20-16+;/t12-,13-,14-,15+,18+,19-;14-,15+,16+,17+,18+,19+/m01/s1. The molecule has 12 atom stereocenters. The van der Waals surface area contributed by atoms with Crippen LogP contribution in [0.15, 0.2) is 5.16 Å². The zero-order valence-electron chi connectivity index (χ0n) is 27.1. The summed E-state index contributed by atoms with van der Waals surface area (Å²) in [6.07, 6.45) is 27.2. The van der Waals surface area contributed by atoms with Crippen molar-refractivity contribution >= 4 is 11.5 Å². The first-order valence-corrected chi connectivity index (χ1v) is 18.4. The normalized spacial score (nSPS) is 54.9. The fourth-order valence-electron chi connectivity index (χ4n) is 14.3. The number of oxime groups is 1. The van der Waals surface area contributed by atoms with Crippen LogP contribution in [0.3, 0.4) is 0 Å². The smallest absolute Gasteiger partial charge is 0.139 e. The molecule has 0 aromatic carbocycles. The molecule has 3 nitrogen and oxygen atoms in total. The van der Waals surface area contributed by atoms with E-state index in [-0.39, 0.29) is 5.41 Å². The highest BCUT2D eigenvalue weighted by atomic mass is 16.4. The monoisotopic (exact) mass is 563 g/mol. The van der Waals surface area contributed by atoms with E-state index in [1.165, 1.54) is 51.4 Å². The topological polar surface area (TPSA) is 49.7 Å². The van der Waals surface area contributed by atoms with Crippen molar-refractivity contribution in [3.05, 3.63) is 0 Å². The van der Waals surface area contributed by atoms with E-state index >= 15 is 0 Å². The summed E-state index contributed by atoms with van der Waals surface area (Å²) in [5.74, 6) is 7.20. The fraction of sp³-hybridized carbons (Fsp3) is 0.947. The molecule has 1 N–H and O–H groups in total. The average molecular weight is 564 g/mol. The van der Waals surface area contributed by atoms with E-state index in [0.29, 0.717) is 29.0 Å². The Labute approximate surface area is 251 Å². The maximum atomic E-state index is 12.4. The van der Waals surface area contributed by atoms with Crippen LogP contribution in [0.5, 0.6) is 0 Å². The molecule has 0 spiro atoms. The Morgan fingerprint density at radius 1 is 0.634 bits per heavy atom. The summed E-state index contributed by atoms with van der Waals surface area (Å²) in [7, 11) is 0. The van der Waals surface area contributed by atoms with Crippen LogP contribution in [-0.4, -0.2) is 16.7 Å². The lowest BCUT2D eigenvalue weighted by Crippen LogP contribution is -2.55. The van der Waals surface area contributed by atoms with Crippen LogP contribution in [0.4, 0.5) is 0 Å². The number of hydrogen-bond donors (Lipinski definition) is 1. The van der Waals surface area contributed by atoms with Gasteiger partial charge < -0.3 is 5.21 Å². The van der Waals surface area contributed by atoms with Crippen LogP contribution >= 0.6 is 0 Å². The maximum Gasteiger partial charge on any atom is 0.139 e. The van der Waals surface area contributed by atoms with Gasteiger partial charge in [-0.3, -0.25) is 4.79 Å². The van der Waals surface area contributed by atoms with Crippen molar-refractivity contribution in [2.45, 2.75) is 156 Å². The number of ketones is 1. The lowest BCUT2D eigenvalue weighted by Gasteiger charge is -2.60. The second kappa shape index (κ2) is 10.4. The van der Waals surface area contributed by atoms with Gasteiger partial charge in [-0.05, 0) is 148 Å². The van der Waals surface area contributed by atoms with Crippen molar-refractivity contribution in [2.24, 2.45) is 74.2 Å². The van der Waals surface area contributed by atoms with E-state index in [2.05, 4.69) is 32.9 Å². The van der Waals surface area contributed by atoms with Crippen molar-refractivity contribution in [1.29, 1.82) is 0 Å². The molecule has 8 aliphatic rings. The lowest BCUT2D eigenvalue weighted by molar-refractivity contribution is -0.133. The molecule has 0 bridgehead atoms. The summed E-state index contributed by atoms with van der Waals surface area (Å²) in [5.41, 5.74) is 2.76. The highest BCUT2D eigenvalue weighted by Crippen LogP contribution is 2.67. The Hall–Kier alpha value is -0.860. The molecule has 0 aromatic rings. The van der Waals surface area contributed by atoms with E-state index in [1.807, 2.05) is 0 Å². The summed E-state index contributed by atoms with van der Waals surface area (Å²) in [6, 6.07) is 0. The first-order chi connectivity index (χ1) is 19.6. The largest absolute Gasteiger partial charge is 0.411 e. The Morgan fingerprint density at radius 3 is 2.17 bits per heavy atom. The summed E-state index contributed by atoms with van der Waals surface area (Å²) in [4.78, 5) is 12.4. The zero-order chi connectivity index (χ0) is 28.6. The van der Waals surface area contributed by atoms with E-state index in [1.54, 1.807) is 51.4 Å². The minimum Gasteiger partial charge on any atom is -0.411 e. The third-order valence-electron chi connectivity index (χ3n) is 16.6. The number of fused-ring (bicyclic) bond motifs is 10. The van der Waals surface area contributed by atoms with Crippen LogP contribution in [0.25, 0.3) is 0 Å². The molecule has 0 heterocycles. The van der Waals surface area contributed by atoms with Gasteiger partial charge in [-0.2, -0.15) is 0 Å².